The van der Waals surface area contributed by atoms with Gasteiger partial charge in [0.15, 0.2) is 17.5 Å². The average molecular weight is 291 g/mol. The molecule has 1 aliphatic carbocycles. The molecule has 0 saturated heterocycles. The molecule has 1 aromatic carbocycles. The lowest BCUT2D eigenvalue weighted by atomic mass is 9.76. The van der Waals surface area contributed by atoms with Crippen molar-refractivity contribution in [2.75, 3.05) is 27.2 Å². The van der Waals surface area contributed by atoms with E-state index in [-0.39, 0.29) is 5.82 Å². The highest BCUT2D eigenvalue weighted by Crippen LogP contribution is 2.38. The second-order valence-corrected chi connectivity index (χ2v) is 5.88. The molecule has 1 aliphatic heterocycles. The molecule has 0 radical (unpaired) electrons. The number of methoxy groups -OCH3 is 1. The molecule has 0 bridgehead atoms. The molecular weight excluding hydrogens is 269 g/mol. The molecule has 114 valence electrons. The number of halogens is 1. The van der Waals surface area contributed by atoms with Crippen LogP contribution in [0.4, 0.5) is 4.39 Å². The Labute approximate surface area is 125 Å². The van der Waals surface area contributed by atoms with Gasteiger partial charge in [-0.05, 0) is 42.9 Å². The van der Waals surface area contributed by atoms with Crippen molar-refractivity contribution in [3.05, 3.63) is 29.6 Å². The molecule has 1 aromatic rings. The number of rotatable bonds is 3. The Morgan fingerprint density at radius 2 is 2.19 bits per heavy atom. The topological polar surface area (TPSA) is 36.9 Å². The number of hydrogen-bond acceptors (Lipinski definition) is 4. The van der Waals surface area contributed by atoms with Crippen LogP contribution in [-0.2, 0) is 0 Å². The van der Waals surface area contributed by atoms with Gasteiger partial charge in [0.2, 0.25) is 0 Å². The summed E-state index contributed by atoms with van der Waals surface area (Å²) < 4.78 is 18.7. The van der Waals surface area contributed by atoms with Gasteiger partial charge in [0.1, 0.15) is 0 Å². The lowest BCUT2D eigenvalue weighted by Crippen LogP contribution is -2.50. The minimum Gasteiger partial charge on any atom is -0.494 e. The first-order valence-electron chi connectivity index (χ1n) is 7.53. The molecular formula is C16H22FN3O. The van der Waals surface area contributed by atoms with E-state index in [1.165, 1.54) is 7.11 Å². The number of nitrogens with one attached hydrogen (secondary N) is 1. The first kappa shape index (κ1) is 14.2. The van der Waals surface area contributed by atoms with Gasteiger partial charge in [0.25, 0.3) is 0 Å². The summed E-state index contributed by atoms with van der Waals surface area (Å²) in [5, 5.41) is 3.50. The third-order valence-electron chi connectivity index (χ3n) is 4.39. The van der Waals surface area contributed by atoms with E-state index in [2.05, 4.69) is 22.3 Å². The van der Waals surface area contributed by atoms with Crippen LogP contribution in [0.2, 0.25) is 0 Å². The van der Waals surface area contributed by atoms with E-state index >= 15 is 0 Å². The van der Waals surface area contributed by atoms with Crippen LogP contribution in [0.25, 0.3) is 0 Å². The van der Waals surface area contributed by atoms with Crippen molar-refractivity contribution < 1.29 is 9.13 Å². The summed E-state index contributed by atoms with van der Waals surface area (Å²) in [7, 11) is 3.56. The molecule has 21 heavy (non-hydrogen) atoms. The van der Waals surface area contributed by atoms with Crippen LogP contribution in [0, 0.1) is 5.82 Å². The molecule has 1 saturated carbocycles. The second-order valence-electron chi connectivity index (χ2n) is 5.88. The predicted octanol–water partition coefficient (Wildman–Crippen LogP) is 2.36. The lowest BCUT2D eigenvalue weighted by molar-refractivity contribution is 0.306. The number of hydrogen-bond donors (Lipinski definition) is 1. The summed E-state index contributed by atoms with van der Waals surface area (Å²) in [6.07, 6.45) is 3.18. The van der Waals surface area contributed by atoms with Crippen molar-refractivity contribution in [2.45, 2.75) is 31.2 Å². The highest BCUT2D eigenvalue weighted by molar-refractivity contribution is 5.80. The van der Waals surface area contributed by atoms with Gasteiger partial charge in [0.05, 0.1) is 7.11 Å². The number of benzene rings is 1. The monoisotopic (exact) mass is 291 g/mol. The fourth-order valence-electron chi connectivity index (χ4n) is 3.00. The normalized spacial score (nSPS) is 25.1. The standard InChI is InChI=1S/C16H22FN3O/c1-20-7-3-6-18-16(20)19-13-8-12(9-13)11-4-5-15(21-2)14(17)10-11/h4-5,10,12-13H,3,6-9H2,1-2H3,(H,18,19). The molecule has 3 rings (SSSR count). The van der Waals surface area contributed by atoms with Crippen LogP contribution >= 0.6 is 0 Å². The van der Waals surface area contributed by atoms with Crippen molar-refractivity contribution in [3.63, 3.8) is 0 Å². The highest BCUT2D eigenvalue weighted by Gasteiger charge is 2.32. The van der Waals surface area contributed by atoms with Crippen molar-refractivity contribution in [1.29, 1.82) is 0 Å². The first-order chi connectivity index (χ1) is 10.2. The molecule has 4 nitrogen and oxygen atoms in total. The largest absolute Gasteiger partial charge is 0.494 e. The van der Waals surface area contributed by atoms with E-state index in [4.69, 9.17) is 4.74 Å². The molecule has 1 heterocycles. The molecule has 1 fully saturated rings. The van der Waals surface area contributed by atoms with Gasteiger partial charge in [-0.25, -0.2) is 4.39 Å². The van der Waals surface area contributed by atoms with Crippen LogP contribution in [0.3, 0.4) is 0 Å². The summed E-state index contributed by atoms with van der Waals surface area (Å²) >= 11 is 0. The van der Waals surface area contributed by atoms with Crippen molar-refractivity contribution in [1.82, 2.24) is 10.2 Å². The van der Waals surface area contributed by atoms with Gasteiger partial charge in [0, 0.05) is 26.2 Å². The Kier molecular flexibility index (Phi) is 3.99. The molecule has 0 atom stereocenters. The van der Waals surface area contributed by atoms with Gasteiger partial charge in [-0.1, -0.05) is 6.07 Å². The van der Waals surface area contributed by atoms with E-state index in [1.807, 2.05) is 6.07 Å². The molecule has 1 N–H and O–H groups in total. The zero-order valence-corrected chi connectivity index (χ0v) is 12.6. The number of ether oxygens (including phenoxy) is 1. The lowest BCUT2D eigenvalue weighted by Gasteiger charge is -2.39. The van der Waals surface area contributed by atoms with Crippen molar-refractivity contribution in [2.24, 2.45) is 4.99 Å². The summed E-state index contributed by atoms with van der Waals surface area (Å²) in [4.78, 5) is 6.69. The van der Waals surface area contributed by atoms with Gasteiger partial charge in [-0.15, -0.1) is 0 Å². The SMILES string of the molecule is COc1ccc(C2CC(NC3=NCCCN3C)C2)cc1F. The maximum Gasteiger partial charge on any atom is 0.193 e. The van der Waals surface area contributed by atoms with Crippen LogP contribution in [0.5, 0.6) is 5.75 Å². The Morgan fingerprint density at radius 1 is 1.38 bits per heavy atom. The fraction of sp³-hybridized carbons (Fsp3) is 0.562. The van der Waals surface area contributed by atoms with E-state index in [0.29, 0.717) is 17.7 Å². The van der Waals surface area contributed by atoms with Crippen molar-refractivity contribution in [3.8, 4) is 5.75 Å². The minimum atomic E-state index is -0.275. The average Bonchev–Trinajstić information content (AvgIpc) is 2.44. The highest BCUT2D eigenvalue weighted by atomic mass is 19.1. The zero-order valence-electron chi connectivity index (χ0n) is 12.6. The van der Waals surface area contributed by atoms with E-state index in [0.717, 1.165) is 43.9 Å². The minimum absolute atomic E-state index is 0.275. The van der Waals surface area contributed by atoms with Crippen molar-refractivity contribution >= 4 is 5.96 Å². The van der Waals surface area contributed by atoms with E-state index in [1.54, 1.807) is 12.1 Å². The van der Waals surface area contributed by atoms with Gasteiger partial charge >= 0.3 is 0 Å². The fourth-order valence-corrected chi connectivity index (χ4v) is 3.00. The molecule has 0 unspecified atom stereocenters. The quantitative estimate of drug-likeness (QED) is 0.929. The van der Waals surface area contributed by atoms with Crippen LogP contribution in [-0.4, -0.2) is 44.1 Å². The Bertz CT molecular complexity index is 540. The third-order valence-corrected chi connectivity index (χ3v) is 4.39. The van der Waals surface area contributed by atoms with Crippen LogP contribution in [0.1, 0.15) is 30.7 Å². The second kappa shape index (κ2) is 5.92. The Hall–Kier alpha value is -1.78. The van der Waals surface area contributed by atoms with E-state index < -0.39 is 0 Å². The summed E-state index contributed by atoms with van der Waals surface area (Å²) in [6, 6.07) is 5.72. The van der Waals surface area contributed by atoms with Crippen LogP contribution in [0.15, 0.2) is 23.2 Å². The summed E-state index contributed by atoms with van der Waals surface area (Å²) in [6.45, 7) is 1.97. The Balaban J connectivity index is 1.56. The maximum atomic E-state index is 13.7. The first-order valence-corrected chi connectivity index (χ1v) is 7.53. The Morgan fingerprint density at radius 3 is 2.86 bits per heavy atom. The molecule has 0 spiro atoms. The smallest absolute Gasteiger partial charge is 0.193 e. The molecule has 5 heteroatoms. The maximum absolute atomic E-state index is 13.7. The van der Waals surface area contributed by atoms with Crippen LogP contribution < -0.4 is 10.1 Å². The van der Waals surface area contributed by atoms with Gasteiger partial charge < -0.3 is 15.0 Å². The molecule has 0 amide bonds. The van der Waals surface area contributed by atoms with E-state index in [9.17, 15) is 4.39 Å². The summed E-state index contributed by atoms with van der Waals surface area (Å²) in [5.41, 5.74) is 1.06. The third kappa shape index (κ3) is 2.96. The predicted molar refractivity (Wildman–Crippen MR) is 81.4 cm³/mol. The van der Waals surface area contributed by atoms with Gasteiger partial charge in [-0.3, -0.25) is 4.99 Å². The molecule has 0 aromatic heterocycles. The molecule has 2 aliphatic rings. The van der Waals surface area contributed by atoms with Gasteiger partial charge in [-0.2, -0.15) is 0 Å². The number of guanidine groups is 1. The summed E-state index contributed by atoms with van der Waals surface area (Å²) in [5.74, 6) is 1.47. The number of aliphatic imine (C=N–C) groups is 1. The number of nitrogens with zero attached hydrogens (tertiary/aromatic N) is 2. The zero-order chi connectivity index (χ0) is 14.8.